The second-order valence-electron chi connectivity index (χ2n) is 6.66. The molecule has 0 saturated heterocycles. The fourth-order valence-corrected chi connectivity index (χ4v) is 3.17. The molecule has 0 aliphatic rings. The zero-order valence-electron chi connectivity index (χ0n) is 16.0. The van der Waals surface area contributed by atoms with Crippen molar-refractivity contribution in [2.75, 3.05) is 0 Å². The summed E-state index contributed by atoms with van der Waals surface area (Å²) in [4.78, 5) is 39.6. The number of fused-ring (bicyclic) bond motifs is 1. The molecule has 8 nitrogen and oxygen atoms in total. The SMILES string of the molecule is N=CC(C(=O)NC(Cc1ccccc1)C(=O)C(N)=O)=C(N)c1c[nH]c2ccccc12. The number of amides is 2. The van der Waals surface area contributed by atoms with E-state index in [0.29, 0.717) is 5.56 Å². The van der Waals surface area contributed by atoms with Gasteiger partial charge in [0.25, 0.3) is 11.8 Å². The lowest BCUT2D eigenvalue weighted by molar-refractivity contribution is -0.138. The Hall–Kier alpha value is -4.20. The van der Waals surface area contributed by atoms with Gasteiger partial charge >= 0.3 is 0 Å². The number of carbonyl (C=O) groups is 3. The van der Waals surface area contributed by atoms with Crippen LogP contribution in [0.4, 0.5) is 0 Å². The number of para-hydroxylation sites is 1. The quantitative estimate of drug-likeness (QED) is 0.218. The van der Waals surface area contributed by atoms with Crippen molar-refractivity contribution < 1.29 is 14.4 Å². The van der Waals surface area contributed by atoms with E-state index in [1.165, 1.54) is 0 Å². The third-order valence-electron chi connectivity index (χ3n) is 4.71. The van der Waals surface area contributed by atoms with Crippen LogP contribution in [-0.2, 0) is 20.8 Å². The Bertz CT molecular complexity index is 1150. The molecule has 0 aliphatic carbocycles. The van der Waals surface area contributed by atoms with Crippen molar-refractivity contribution in [3.63, 3.8) is 0 Å². The summed E-state index contributed by atoms with van der Waals surface area (Å²) in [6.07, 6.45) is 2.54. The molecular weight excluding hydrogens is 382 g/mol. The van der Waals surface area contributed by atoms with E-state index in [-0.39, 0.29) is 17.7 Å². The number of Topliss-reactive ketones (excluding diaryl/α,β-unsaturated/α-hetero) is 1. The van der Waals surface area contributed by atoms with Gasteiger partial charge in [0, 0.05) is 35.3 Å². The van der Waals surface area contributed by atoms with Crippen LogP contribution in [0.25, 0.3) is 16.6 Å². The number of primary amides is 1. The van der Waals surface area contributed by atoms with Crippen LogP contribution in [0, 0.1) is 5.41 Å². The van der Waals surface area contributed by atoms with Crippen molar-refractivity contribution in [3.8, 4) is 0 Å². The third kappa shape index (κ3) is 4.27. The Morgan fingerprint density at radius 3 is 2.37 bits per heavy atom. The molecule has 0 fully saturated rings. The Morgan fingerprint density at radius 2 is 1.70 bits per heavy atom. The van der Waals surface area contributed by atoms with E-state index in [9.17, 15) is 14.4 Å². The average molecular weight is 403 g/mol. The first-order valence-electron chi connectivity index (χ1n) is 9.17. The van der Waals surface area contributed by atoms with Gasteiger partial charge in [0.05, 0.1) is 11.3 Å². The summed E-state index contributed by atoms with van der Waals surface area (Å²) in [6, 6.07) is 15.1. The van der Waals surface area contributed by atoms with Crippen molar-refractivity contribution in [2.24, 2.45) is 11.5 Å². The molecule has 0 bridgehead atoms. The number of carbonyl (C=O) groups excluding carboxylic acids is 3. The topological polar surface area (TPSA) is 155 Å². The van der Waals surface area contributed by atoms with Gasteiger partial charge in [-0.1, -0.05) is 48.5 Å². The zero-order valence-corrected chi connectivity index (χ0v) is 16.0. The van der Waals surface area contributed by atoms with E-state index in [1.54, 1.807) is 30.5 Å². The fourth-order valence-electron chi connectivity index (χ4n) is 3.17. The second-order valence-corrected chi connectivity index (χ2v) is 6.66. The predicted octanol–water partition coefficient (Wildman–Crippen LogP) is 1.27. The lowest BCUT2D eigenvalue weighted by atomic mass is 10.0. The van der Waals surface area contributed by atoms with E-state index in [1.807, 2.05) is 30.3 Å². The molecule has 0 radical (unpaired) electrons. The highest BCUT2D eigenvalue weighted by Crippen LogP contribution is 2.23. The van der Waals surface area contributed by atoms with E-state index in [2.05, 4.69) is 10.3 Å². The van der Waals surface area contributed by atoms with Crippen molar-refractivity contribution in [2.45, 2.75) is 12.5 Å². The van der Waals surface area contributed by atoms with E-state index in [0.717, 1.165) is 22.7 Å². The van der Waals surface area contributed by atoms with Crippen LogP contribution in [0.2, 0.25) is 0 Å². The summed E-state index contributed by atoms with van der Waals surface area (Å²) in [5, 5.41) is 11.0. The Morgan fingerprint density at radius 1 is 1.03 bits per heavy atom. The Labute approximate surface area is 172 Å². The first kappa shape index (κ1) is 20.5. The van der Waals surface area contributed by atoms with Crippen LogP contribution >= 0.6 is 0 Å². The fraction of sp³-hybridized carbons (Fsp3) is 0.0909. The lowest BCUT2D eigenvalue weighted by Gasteiger charge is -2.17. The summed E-state index contributed by atoms with van der Waals surface area (Å²) < 4.78 is 0. The minimum atomic E-state index is -1.18. The number of hydrogen-bond acceptors (Lipinski definition) is 5. The Balaban J connectivity index is 1.92. The van der Waals surface area contributed by atoms with Crippen LogP contribution in [0.1, 0.15) is 11.1 Å². The molecule has 0 saturated carbocycles. The molecule has 2 aromatic carbocycles. The average Bonchev–Trinajstić information content (AvgIpc) is 3.18. The number of rotatable bonds is 8. The van der Waals surface area contributed by atoms with Crippen LogP contribution in [-0.4, -0.2) is 34.8 Å². The Kier molecular flexibility index (Phi) is 6.07. The molecule has 30 heavy (non-hydrogen) atoms. The number of aromatic amines is 1. The highest BCUT2D eigenvalue weighted by molar-refractivity contribution is 6.38. The first-order valence-corrected chi connectivity index (χ1v) is 9.17. The predicted molar refractivity (Wildman–Crippen MR) is 114 cm³/mol. The van der Waals surface area contributed by atoms with E-state index < -0.39 is 23.6 Å². The summed E-state index contributed by atoms with van der Waals surface area (Å²) >= 11 is 0. The van der Waals surface area contributed by atoms with Gasteiger partial charge in [-0.2, -0.15) is 0 Å². The van der Waals surface area contributed by atoms with Crippen molar-refractivity contribution in [3.05, 3.63) is 77.5 Å². The minimum Gasteiger partial charge on any atom is -0.397 e. The second kappa shape index (κ2) is 8.87. The summed E-state index contributed by atoms with van der Waals surface area (Å²) in [7, 11) is 0. The maximum atomic E-state index is 12.9. The van der Waals surface area contributed by atoms with E-state index >= 15 is 0 Å². The molecule has 152 valence electrons. The van der Waals surface area contributed by atoms with Crippen LogP contribution in [0.15, 0.2) is 66.4 Å². The van der Waals surface area contributed by atoms with Gasteiger partial charge in [0.15, 0.2) is 0 Å². The summed E-state index contributed by atoms with van der Waals surface area (Å²) in [5.74, 6) is -2.83. The van der Waals surface area contributed by atoms with Gasteiger partial charge in [0.1, 0.15) is 6.04 Å². The molecule has 1 atom stereocenters. The molecule has 1 unspecified atom stereocenters. The van der Waals surface area contributed by atoms with Crippen LogP contribution in [0.3, 0.4) is 0 Å². The van der Waals surface area contributed by atoms with Gasteiger partial charge in [-0.3, -0.25) is 14.4 Å². The number of nitrogens with one attached hydrogen (secondary N) is 3. The smallest absolute Gasteiger partial charge is 0.287 e. The molecule has 0 aliphatic heterocycles. The van der Waals surface area contributed by atoms with Crippen molar-refractivity contribution in [1.82, 2.24) is 10.3 Å². The van der Waals surface area contributed by atoms with Gasteiger partial charge < -0.3 is 27.2 Å². The number of nitrogens with two attached hydrogens (primary N) is 2. The van der Waals surface area contributed by atoms with Gasteiger partial charge in [0.2, 0.25) is 5.78 Å². The molecule has 7 N–H and O–H groups in total. The highest BCUT2D eigenvalue weighted by Gasteiger charge is 2.27. The maximum Gasteiger partial charge on any atom is 0.287 e. The third-order valence-corrected chi connectivity index (χ3v) is 4.71. The minimum absolute atomic E-state index is 0.0740. The molecule has 8 heteroatoms. The first-order chi connectivity index (χ1) is 14.4. The molecule has 2 amide bonds. The van der Waals surface area contributed by atoms with Crippen molar-refractivity contribution >= 4 is 40.4 Å². The van der Waals surface area contributed by atoms with Gasteiger partial charge in [-0.05, 0) is 11.6 Å². The molecule has 3 rings (SSSR count). The number of hydrogen-bond donors (Lipinski definition) is 5. The highest BCUT2D eigenvalue weighted by atomic mass is 16.2. The number of H-pyrrole nitrogens is 1. The molecule has 3 aromatic rings. The summed E-state index contributed by atoms with van der Waals surface area (Å²) in [6.45, 7) is 0. The van der Waals surface area contributed by atoms with E-state index in [4.69, 9.17) is 16.9 Å². The lowest BCUT2D eigenvalue weighted by Crippen LogP contribution is -2.48. The number of aromatic nitrogens is 1. The van der Waals surface area contributed by atoms with Gasteiger partial charge in [-0.15, -0.1) is 0 Å². The standard InChI is InChI=1S/C22H21N5O3/c23-11-15(19(24)16-12-26-17-9-5-4-8-14(16)17)22(30)27-18(20(28)21(25)29)10-13-6-2-1-3-7-13/h1-9,11-12,18,23,26H,10,24H2,(H2,25,29)(H,27,30). The maximum absolute atomic E-state index is 12.9. The number of benzene rings is 2. The normalized spacial score (nSPS) is 12.7. The molecule has 1 heterocycles. The molecule has 1 aromatic heterocycles. The van der Waals surface area contributed by atoms with Crippen LogP contribution < -0.4 is 16.8 Å². The number of ketones is 1. The zero-order chi connectivity index (χ0) is 21.7. The summed E-state index contributed by atoms with van der Waals surface area (Å²) in [5.41, 5.74) is 13.4. The van der Waals surface area contributed by atoms with Gasteiger partial charge in [-0.25, -0.2) is 0 Å². The monoisotopic (exact) mass is 403 g/mol. The largest absolute Gasteiger partial charge is 0.397 e. The van der Waals surface area contributed by atoms with Crippen LogP contribution in [0.5, 0.6) is 0 Å². The molecular formula is C22H21N5O3. The molecule has 0 spiro atoms. The van der Waals surface area contributed by atoms with Crippen molar-refractivity contribution in [1.29, 1.82) is 5.41 Å².